The van der Waals surface area contributed by atoms with Crippen molar-refractivity contribution in [3.8, 4) is 11.4 Å². The summed E-state index contributed by atoms with van der Waals surface area (Å²) in [5.74, 6) is 1.12. The van der Waals surface area contributed by atoms with Gasteiger partial charge in [0.15, 0.2) is 0 Å². The molecular formula is C23H25FN4O. The van der Waals surface area contributed by atoms with Crippen LogP contribution in [0.15, 0.2) is 67.0 Å². The number of hydrogen-bond acceptors (Lipinski definition) is 3. The lowest BCUT2D eigenvalue weighted by Gasteiger charge is -2.31. The average molecular weight is 392 g/mol. The predicted molar refractivity (Wildman–Crippen MR) is 112 cm³/mol. The molecule has 1 N–H and O–H groups in total. The number of carbonyl (C=O) groups excluding carboxylic acids is 1. The van der Waals surface area contributed by atoms with Gasteiger partial charge in [0.1, 0.15) is 11.6 Å². The highest BCUT2D eigenvalue weighted by Crippen LogP contribution is 2.23. The lowest BCUT2D eigenvalue weighted by atomic mass is 9.96. The van der Waals surface area contributed by atoms with Gasteiger partial charge in [-0.2, -0.15) is 0 Å². The molecule has 4 rings (SSSR count). The van der Waals surface area contributed by atoms with Gasteiger partial charge in [-0.1, -0.05) is 36.4 Å². The zero-order valence-electron chi connectivity index (χ0n) is 16.3. The van der Waals surface area contributed by atoms with Crippen molar-refractivity contribution in [2.24, 2.45) is 5.92 Å². The molecule has 6 heteroatoms. The zero-order chi connectivity index (χ0) is 20.1. The third kappa shape index (κ3) is 5.09. The molecule has 0 radical (unpaired) electrons. The first-order valence-corrected chi connectivity index (χ1v) is 10.0. The van der Waals surface area contributed by atoms with Crippen LogP contribution in [0, 0.1) is 11.7 Å². The second kappa shape index (κ2) is 9.01. The number of aromatic nitrogens is 2. The summed E-state index contributed by atoms with van der Waals surface area (Å²) in [5, 5.41) is 2.77. The number of piperidine rings is 1. The van der Waals surface area contributed by atoms with Crippen molar-refractivity contribution in [2.75, 3.05) is 25.0 Å². The van der Waals surface area contributed by atoms with Crippen molar-refractivity contribution in [3.05, 3.63) is 72.8 Å². The minimum Gasteiger partial charge on any atom is -0.331 e. The summed E-state index contributed by atoms with van der Waals surface area (Å²) in [6, 6.07) is 16.2. The predicted octanol–water partition coefficient (Wildman–Crippen LogP) is 4.04. The molecule has 0 atom stereocenters. The number of hydrogen-bond donors (Lipinski definition) is 1. The fraction of sp³-hybridized carbons (Fsp3) is 0.304. The van der Waals surface area contributed by atoms with Crippen molar-refractivity contribution in [1.29, 1.82) is 0 Å². The van der Waals surface area contributed by atoms with Crippen LogP contribution in [-0.4, -0.2) is 40.0 Å². The van der Waals surface area contributed by atoms with Crippen LogP contribution in [0.5, 0.6) is 0 Å². The lowest BCUT2D eigenvalue weighted by molar-refractivity contribution is -0.117. The van der Waals surface area contributed by atoms with Crippen LogP contribution in [0.25, 0.3) is 11.4 Å². The molecule has 1 aliphatic heterocycles. The number of amides is 1. The number of carbonyl (C=O) groups is 1. The van der Waals surface area contributed by atoms with Crippen LogP contribution in [-0.2, 0) is 11.3 Å². The number of benzene rings is 2. The van der Waals surface area contributed by atoms with Crippen molar-refractivity contribution in [1.82, 2.24) is 14.5 Å². The van der Waals surface area contributed by atoms with Gasteiger partial charge < -0.3 is 9.88 Å². The van der Waals surface area contributed by atoms with Crippen LogP contribution in [0.3, 0.4) is 0 Å². The third-order valence-electron chi connectivity index (χ3n) is 5.39. The number of nitrogens with one attached hydrogen (secondary N) is 1. The monoisotopic (exact) mass is 392 g/mol. The second-order valence-electron chi connectivity index (χ2n) is 7.55. The molecule has 0 saturated carbocycles. The molecule has 2 heterocycles. The molecule has 0 spiro atoms. The molecule has 29 heavy (non-hydrogen) atoms. The molecule has 1 amide bonds. The Bertz CT molecular complexity index is 948. The quantitative estimate of drug-likeness (QED) is 0.689. The fourth-order valence-electron chi connectivity index (χ4n) is 3.88. The first-order valence-electron chi connectivity index (χ1n) is 10.0. The molecule has 150 valence electrons. The van der Waals surface area contributed by atoms with Gasteiger partial charge in [0, 0.05) is 30.2 Å². The van der Waals surface area contributed by atoms with Crippen LogP contribution >= 0.6 is 0 Å². The Kier molecular flexibility index (Phi) is 6.00. The first kappa shape index (κ1) is 19.3. The molecular weight excluding hydrogens is 367 g/mol. The van der Waals surface area contributed by atoms with E-state index in [2.05, 4.69) is 31.9 Å². The Morgan fingerprint density at radius 1 is 1.10 bits per heavy atom. The SMILES string of the molecule is O=C(CN1CCC(Cn2ccnc2-c2ccccc2)CC1)Nc1cccc(F)c1. The van der Waals surface area contributed by atoms with E-state index in [0.717, 1.165) is 43.9 Å². The topological polar surface area (TPSA) is 50.2 Å². The molecule has 1 saturated heterocycles. The Balaban J connectivity index is 1.27. The average Bonchev–Trinajstić information content (AvgIpc) is 3.18. The van der Waals surface area contributed by atoms with Crippen molar-refractivity contribution >= 4 is 11.6 Å². The summed E-state index contributed by atoms with van der Waals surface area (Å²) < 4.78 is 15.5. The lowest BCUT2D eigenvalue weighted by Crippen LogP contribution is -2.40. The smallest absolute Gasteiger partial charge is 0.238 e. The van der Waals surface area contributed by atoms with Gasteiger partial charge in [-0.05, 0) is 50.0 Å². The standard InChI is InChI=1S/C23H25FN4O/c24-20-7-4-8-21(15-20)26-22(29)17-27-12-9-18(10-13-27)16-28-14-11-25-23(28)19-5-2-1-3-6-19/h1-8,11,14-15,18H,9-10,12-13,16-17H2,(H,26,29). The largest absolute Gasteiger partial charge is 0.331 e. The summed E-state index contributed by atoms with van der Waals surface area (Å²) in [6.45, 7) is 3.05. The Hall–Kier alpha value is -2.99. The van der Waals surface area contributed by atoms with Gasteiger partial charge in [-0.25, -0.2) is 9.37 Å². The number of rotatable bonds is 6. The van der Waals surface area contributed by atoms with Crippen LogP contribution < -0.4 is 5.32 Å². The number of imidazole rings is 1. The van der Waals surface area contributed by atoms with E-state index in [1.807, 2.05) is 30.6 Å². The van der Waals surface area contributed by atoms with E-state index in [1.165, 1.54) is 12.1 Å². The molecule has 3 aromatic rings. The molecule has 1 aromatic heterocycles. The van der Waals surface area contributed by atoms with Crippen LogP contribution in [0.4, 0.5) is 10.1 Å². The van der Waals surface area contributed by atoms with Gasteiger partial charge in [-0.15, -0.1) is 0 Å². The van der Waals surface area contributed by atoms with Gasteiger partial charge >= 0.3 is 0 Å². The molecule has 0 unspecified atom stereocenters. The Morgan fingerprint density at radius 2 is 1.90 bits per heavy atom. The minimum absolute atomic E-state index is 0.102. The highest BCUT2D eigenvalue weighted by Gasteiger charge is 2.22. The summed E-state index contributed by atoms with van der Waals surface area (Å²) in [6.07, 6.45) is 5.98. The summed E-state index contributed by atoms with van der Waals surface area (Å²) in [4.78, 5) is 18.9. The molecule has 2 aromatic carbocycles. The van der Waals surface area contributed by atoms with E-state index in [9.17, 15) is 9.18 Å². The number of likely N-dealkylation sites (tertiary alicyclic amines) is 1. The molecule has 1 fully saturated rings. The highest BCUT2D eigenvalue weighted by molar-refractivity contribution is 5.92. The van der Waals surface area contributed by atoms with E-state index in [4.69, 9.17) is 0 Å². The molecule has 1 aliphatic rings. The molecule has 0 aliphatic carbocycles. The van der Waals surface area contributed by atoms with Crippen molar-refractivity contribution in [3.63, 3.8) is 0 Å². The Morgan fingerprint density at radius 3 is 2.66 bits per heavy atom. The first-order chi connectivity index (χ1) is 14.2. The summed E-state index contributed by atoms with van der Waals surface area (Å²) in [7, 11) is 0. The zero-order valence-corrected chi connectivity index (χ0v) is 16.3. The Labute approximate surface area is 170 Å². The van der Waals surface area contributed by atoms with Crippen LogP contribution in [0.1, 0.15) is 12.8 Å². The second-order valence-corrected chi connectivity index (χ2v) is 7.55. The normalized spacial score (nSPS) is 15.3. The summed E-state index contributed by atoms with van der Waals surface area (Å²) >= 11 is 0. The van der Waals surface area contributed by atoms with Gasteiger partial charge in [0.25, 0.3) is 0 Å². The maximum Gasteiger partial charge on any atom is 0.238 e. The van der Waals surface area contributed by atoms with Gasteiger partial charge in [-0.3, -0.25) is 9.69 Å². The number of halogens is 1. The van der Waals surface area contributed by atoms with E-state index >= 15 is 0 Å². The van der Waals surface area contributed by atoms with E-state index in [-0.39, 0.29) is 11.7 Å². The summed E-state index contributed by atoms with van der Waals surface area (Å²) in [5.41, 5.74) is 1.63. The number of anilines is 1. The van der Waals surface area contributed by atoms with Crippen LogP contribution in [0.2, 0.25) is 0 Å². The maximum atomic E-state index is 13.2. The van der Waals surface area contributed by atoms with E-state index in [1.54, 1.807) is 12.1 Å². The van der Waals surface area contributed by atoms with Gasteiger partial charge in [0.05, 0.1) is 6.54 Å². The fourth-order valence-corrected chi connectivity index (χ4v) is 3.88. The minimum atomic E-state index is -0.349. The highest BCUT2D eigenvalue weighted by atomic mass is 19.1. The van der Waals surface area contributed by atoms with Gasteiger partial charge in [0.2, 0.25) is 5.91 Å². The molecule has 0 bridgehead atoms. The van der Waals surface area contributed by atoms with Crippen molar-refractivity contribution in [2.45, 2.75) is 19.4 Å². The third-order valence-corrected chi connectivity index (χ3v) is 5.39. The number of nitrogens with zero attached hydrogens (tertiary/aromatic N) is 3. The van der Waals surface area contributed by atoms with E-state index < -0.39 is 0 Å². The van der Waals surface area contributed by atoms with Crippen molar-refractivity contribution < 1.29 is 9.18 Å². The molecule has 5 nitrogen and oxygen atoms in total. The maximum absolute atomic E-state index is 13.2. The van der Waals surface area contributed by atoms with E-state index in [0.29, 0.717) is 18.2 Å².